The highest BCUT2D eigenvalue weighted by Gasteiger charge is 2.43. The molecule has 1 heterocycles. The van der Waals surface area contributed by atoms with Gasteiger partial charge in [-0.15, -0.1) is 0 Å². The lowest BCUT2D eigenvalue weighted by molar-refractivity contribution is -0.121. The van der Waals surface area contributed by atoms with Gasteiger partial charge in [-0.25, -0.2) is 0 Å². The van der Waals surface area contributed by atoms with Crippen LogP contribution in [0.3, 0.4) is 0 Å². The first-order chi connectivity index (χ1) is 9.19. The summed E-state index contributed by atoms with van der Waals surface area (Å²) in [6.07, 6.45) is 6.49. The average Bonchev–Trinajstić information content (AvgIpc) is 2.95. The zero-order valence-corrected chi connectivity index (χ0v) is 12.3. The van der Waals surface area contributed by atoms with E-state index in [0.717, 1.165) is 31.6 Å². The van der Waals surface area contributed by atoms with E-state index < -0.39 is 0 Å². The predicted octanol–water partition coefficient (Wildman–Crippen LogP) is 3.75. The minimum atomic E-state index is 0.0320. The molecule has 0 saturated heterocycles. The summed E-state index contributed by atoms with van der Waals surface area (Å²) in [5.74, 6) is 1.45. The van der Waals surface area contributed by atoms with Crippen LogP contribution < -0.4 is 4.74 Å². The monoisotopic (exact) mass is 318 g/mol. The highest BCUT2D eigenvalue weighted by Crippen LogP contribution is 2.54. The highest BCUT2D eigenvalue weighted by atomic mass is 79.9. The molecule has 0 unspecified atom stereocenters. The van der Waals surface area contributed by atoms with Gasteiger partial charge >= 0.3 is 0 Å². The van der Waals surface area contributed by atoms with Crippen molar-refractivity contribution in [3.8, 4) is 5.75 Å². The van der Waals surface area contributed by atoms with Crippen molar-refractivity contribution in [2.24, 2.45) is 0 Å². The lowest BCUT2D eigenvalue weighted by Gasteiger charge is -2.35. The van der Waals surface area contributed by atoms with E-state index in [2.05, 4.69) is 34.1 Å². The summed E-state index contributed by atoms with van der Waals surface area (Å²) in [6.45, 7) is 0.800. The molecule has 4 rings (SSSR count). The van der Waals surface area contributed by atoms with Gasteiger partial charge in [-0.1, -0.05) is 15.9 Å². The zero-order valence-electron chi connectivity index (χ0n) is 10.7. The molecule has 0 atom stereocenters. The van der Waals surface area contributed by atoms with Crippen LogP contribution in [0.1, 0.15) is 42.4 Å². The Morgan fingerprint density at radius 1 is 1.16 bits per heavy atom. The van der Waals surface area contributed by atoms with Crippen LogP contribution in [-0.2, 0) is 16.6 Å². The number of allylic oxidation sites excluding steroid dienone is 1. The zero-order chi connectivity index (χ0) is 13.0. The standard InChI is InChI=1S/C16H15BrO2/c17-15-8-11-7-10-3-6-19-14(10)9-13(11)16(15)4-1-12(18)2-5-16/h7-9H,1-6H2. The van der Waals surface area contributed by atoms with Gasteiger partial charge in [0, 0.05) is 29.2 Å². The third-order valence-corrected chi connectivity index (χ3v) is 5.77. The average molecular weight is 319 g/mol. The number of ether oxygens (including phenoxy) is 1. The smallest absolute Gasteiger partial charge is 0.133 e. The molecule has 0 bridgehead atoms. The van der Waals surface area contributed by atoms with Crippen LogP contribution in [0.5, 0.6) is 5.75 Å². The molecule has 1 aliphatic heterocycles. The summed E-state index contributed by atoms with van der Waals surface area (Å²) in [7, 11) is 0. The topological polar surface area (TPSA) is 26.3 Å². The van der Waals surface area contributed by atoms with E-state index in [1.807, 2.05) is 0 Å². The quantitative estimate of drug-likeness (QED) is 0.728. The van der Waals surface area contributed by atoms with Crippen LogP contribution in [0.25, 0.3) is 6.08 Å². The van der Waals surface area contributed by atoms with Crippen LogP contribution in [0.2, 0.25) is 0 Å². The van der Waals surface area contributed by atoms with Gasteiger partial charge in [0.05, 0.1) is 6.61 Å². The SMILES string of the molecule is O=C1CCC2(CC1)C(Br)=Cc1cc3c(cc12)OCC3. The van der Waals surface area contributed by atoms with Crippen molar-refractivity contribution in [1.29, 1.82) is 0 Å². The summed E-state index contributed by atoms with van der Waals surface area (Å²) >= 11 is 3.76. The van der Waals surface area contributed by atoms with Crippen LogP contribution in [-0.4, -0.2) is 12.4 Å². The summed E-state index contributed by atoms with van der Waals surface area (Å²) in [5.41, 5.74) is 4.02. The number of ketones is 1. The second-order valence-corrected chi connectivity index (χ2v) is 6.61. The molecule has 1 fully saturated rings. The summed E-state index contributed by atoms with van der Waals surface area (Å²) < 4.78 is 6.95. The Bertz CT molecular complexity index is 605. The molecule has 3 heteroatoms. The number of carbonyl (C=O) groups excluding carboxylic acids is 1. The molecule has 2 aliphatic carbocycles. The predicted molar refractivity (Wildman–Crippen MR) is 77.7 cm³/mol. The van der Waals surface area contributed by atoms with E-state index >= 15 is 0 Å². The Balaban J connectivity index is 1.84. The van der Waals surface area contributed by atoms with E-state index in [-0.39, 0.29) is 5.41 Å². The molecule has 19 heavy (non-hydrogen) atoms. The first kappa shape index (κ1) is 11.7. The largest absolute Gasteiger partial charge is 0.493 e. The molecule has 0 aromatic heterocycles. The van der Waals surface area contributed by atoms with Gasteiger partial charge in [0.2, 0.25) is 0 Å². The van der Waals surface area contributed by atoms with Crippen LogP contribution in [0, 0.1) is 0 Å². The molecule has 1 aromatic rings. The fourth-order valence-electron chi connectivity index (χ4n) is 3.65. The van der Waals surface area contributed by atoms with Gasteiger partial charge in [0.25, 0.3) is 0 Å². The number of hydrogen-bond donors (Lipinski definition) is 0. The van der Waals surface area contributed by atoms with Crippen molar-refractivity contribution < 1.29 is 9.53 Å². The molecule has 0 amide bonds. The van der Waals surface area contributed by atoms with E-state index in [9.17, 15) is 4.79 Å². The van der Waals surface area contributed by atoms with Crippen LogP contribution in [0.15, 0.2) is 16.6 Å². The Hall–Kier alpha value is -1.09. The Labute approximate surface area is 121 Å². The summed E-state index contributed by atoms with van der Waals surface area (Å²) in [4.78, 5) is 11.5. The maximum Gasteiger partial charge on any atom is 0.133 e. The van der Waals surface area contributed by atoms with E-state index in [4.69, 9.17) is 4.74 Å². The van der Waals surface area contributed by atoms with Gasteiger partial charge in [-0.05, 0) is 47.7 Å². The minimum Gasteiger partial charge on any atom is -0.493 e. The molecule has 2 nitrogen and oxygen atoms in total. The van der Waals surface area contributed by atoms with Crippen LogP contribution in [0.4, 0.5) is 0 Å². The van der Waals surface area contributed by atoms with Gasteiger partial charge in [-0.3, -0.25) is 4.79 Å². The van der Waals surface area contributed by atoms with E-state index in [1.54, 1.807) is 0 Å². The Morgan fingerprint density at radius 2 is 1.95 bits per heavy atom. The van der Waals surface area contributed by atoms with Crippen molar-refractivity contribution >= 4 is 27.8 Å². The second kappa shape index (κ2) is 3.95. The van der Waals surface area contributed by atoms with Crippen molar-refractivity contribution in [3.63, 3.8) is 0 Å². The maximum absolute atomic E-state index is 11.5. The summed E-state index contributed by atoms with van der Waals surface area (Å²) in [6, 6.07) is 4.49. The van der Waals surface area contributed by atoms with Gasteiger partial charge in [0.1, 0.15) is 11.5 Å². The molecule has 0 N–H and O–H groups in total. The first-order valence-corrected chi connectivity index (χ1v) is 7.68. The summed E-state index contributed by atoms with van der Waals surface area (Å²) in [5, 5.41) is 0. The lowest BCUT2D eigenvalue weighted by atomic mass is 9.70. The molecular formula is C16H15BrO2. The molecule has 1 spiro atoms. The molecule has 1 aromatic carbocycles. The molecular weight excluding hydrogens is 304 g/mol. The maximum atomic E-state index is 11.5. The first-order valence-electron chi connectivity index (χ1n) is 6.89. The number of benzene rings is 1. The normalized spacial score (nSPS) is 23.0. The Kier molecular flexibility index (Phi) is 2.44. The third-order valence-electron chi connectivity index (χ3n) is 4.78. The van der Waals surface area contributed by atoms with E-state index in [0.29, 0.717) is 18.6 Å². The second-order valence-electron chi connectivity index (χ2n) is 5.76. The van der Waals surface area contributed by atoms with Crippen molar-refractivity contribution in [2.75, 3.05) is 6.61 Å². The molecule has 3 aliphatic rings. The number of hydrogen-bond acceptors (Lipinski definition) is 2. The molecule has 0 radical (unpaired) electrons. The fourth-order valence-corrected chi connectivity index (χ4v) is 4.50. The highest BCUT2D eigenvalue weighted by molar-refractivity contribution is 9.11. The van der Waals surface area contributed by atoms with Gasteiger partial charge < -0.3 is 4.74 Å². The molecule has 98 valence electrons. The van der Waals surface area contributed by atoms with Gasteiger partial charge in [-0.2, -0.15) is 0 Å². The van der Waals surface area contributed by atoms with E-state index in [1.165, 1.54) is 21.2 Å². The number of halogens is 1. The number of fused-ring (bicyclic) bond motifs is 3. The fraction of sp³-hybridized carbons (Fsp3) is 0.438. The lowest BCUT2D eigenvalue weighted by Crippen LogP contribution is -2.30. The number of rotatable bonds is 0. The number of Topliss-reactive ketones (excluding diaryl/α,β-unsaturated/α-hetero) is 1. The van der Waals surface area contributed by atoms with Crippen molar-refractivity contribution in [1.82, 2.24) is 0 Å². The van der Waals surface area contributed by atoms with Crippen molar-refractivity contribution in [3.05, 3.63) is 33.3 Å². The number of carbonyl (C=O) groups is 1. The molecule has 1 saturated carbocycles. The third kappa shape index (κ3) is 1.57. The Morgan fingerprint density at radius 3 is 2.74 bits per heavy atom. The van der Waals surface area contributed by atoms with Crippen molar-refractivity contribution in [2.45, 2.75) is 37.5 Å². The van der Waals surface area contributed by atoms with Gasteiger partial charge in [0.15, 0.2) is 0 Å². The van der Waals surface area contributed by atoms with Crippen LogP contribution >= 0.6 is 15.9 Å². The minimum absolute atomic E-state index is 0.0320.